The first-order chi connectivity index (χ1) is 13.6. The lowest BCUT2D eigenvalue weighted by molar-refractivity contribution is 0.0255. The molecule has 1 aromatic rings. The number of rotatable bonds is 7. The van der Waals surface area contributed by atoms with Crippen LogP contribution in [0.2, 0.25) is 18.1 Å². The fourth-order valence-electron chi connectivity index (χ4n) is 3.78. The highest BCUT2D eigenvalue weighted by molar-refractivity contribution is 6.74. The van der Waals surface area contributed by atoms with Crippen molar-refractivity contribution in [1.29, 1.82) is 0 Å². The molecule has 7 heteroatoms. The maximum absolute atomic E-state index is 13.0. The predicted octanol–water partition coefficient (Wildman–Crippen LogP) is 3.94. The quantitative estimate of drug-likeness (QED) is 0.533. The zero-order chi connectivity index (χ0) is 21.3. The number of nitrogens with zero attached hydrogens (tertiary/aromatic N) is 1. The summed E-state index contributed by atoms with van der Waals surface area (Å²) in [7, 11) is -2.00. The van der Waals surface area contributed by atoms with Crippen molar-refractivity contribution in [3.63, 3.8) is 0 Å². The van der Waals surface area contributed by atoms with Gasteiger partial charge >= 0.3 is 6.09 Å². The topological polar surface area (TPSA) is 71.5 Å². The molecule has 0 spiro atoms. The minimum Gasteiger partial charge on any atom is -0.445 e. The van der Waals surface area contributed by atoms with Crippen LogP contribution in [0.4, 0.5) is 4.79 Å². The van der Waals surface area contributed by atoms with Crippen LogP contribution in [0.5, 0.6) is 0 Å². The van der Waals surface area contributed by atoms with Crippen LogP contribution in [0.1, 0.15) is 39.2 Å². The molecule has 3 atom stereocenters. The lowest BCUT2D eigenvalue weighted by atomic mass is 9.91. The Morgan fingerprint density at radius 1 is 1.31 bits per heavy atom. The maximum atomic E-state index is 13.0. The number of benzene rings is 1. The Morgan fingerprint density at radius 2 is 2.00 bits per heavy atom. The maximum Gasteiger partial charge on any atom is 0.410 e. The normalized spacial score (nSPS) is 27.2. The standard InChI is InChI=1S/C22H35NO5Si/c1-21(2,3)29(4,5)27-16-22(19-18(14-24)28-19)12-9-13-23(22)20(25)26-15-17-10-7-6-8-11-17/h6-8,10-11,18-19,24H,9,12-16H2,1-5H3/t18-,19+,22+/m1/s1. The molecule has 0 aromatic heterocycles. The summed E-state index contributed by atoms with van der Waals surface area (Å²) in [4.78, 5) is 14.8. The molecule has 2 heterocycles. The van der Waals surface area contributed by atoms with E-state index in [0.717, 1.165) is 18.4 Å². The molecule has 0 unspecified atom stereocenters. The Balaban J connectivity index is 1.75. The fraction of sp³-hybridized carbons (Fsp3) is 0.682. The van der Waals surface area contributed by atoms with E-state index in [4.69, 9.17) is 13.9 Å². The van der Waals surface area contributed by atoms with E-state index in [1.807, 2.05) is 30.3 Å². The number of epoxide rings is 1. The van der Waals surface area contributed by atoms with Gasteiger partial charge in [0.05, 0.1) is 18.8 Å². The van der Waals surface area contributed by atoms with Crippen molar-refractivity contribution >= 4 is 14.4 Å². The average Bonchev–Trinajstić information content (AvgIpc) is 3.36. The molecule has 6 nitrogen and oxygen atoms in total. The first kappa shape index (κ1) is 22.3. The molecule has 0 saturated carbocycles. The molecule has 162 valence electrons. The number of aliphatic hydroxyl groups excluding tert-OH is 1. The van der Waals surface area contributed by atoms with Gasteiger partial charge in [-0.3, -0.25) is 4.90 Å². The zero-order valence-electron chi connectivity index (χ0n) is 18.3. The van der Waals surface area contributed by atoms with E-state index in [9.17, 15) is 9.90 Å². The van der Waals surface area contributed by atoms with E-state index in [-0.39, 0.29) is 36.6 Å². The van der Waals surface area contributed by atoms with Crippen molar-refractivity contribution in [1.82, 2.24) is 4.90 Å². The van der Waals surface area contributed by atoms with Gasteiger partial charge < -0.3 is 19.0 Å². The van der Waals surface area contributed by atoms with Crippen LogP contribution in [-0.2, 0) is 20.5 Å². The van der Waals surface area contributed by atoms with Crippen LogP contribution in [0.3, 0.4) is 0 Å². The molecule has 29 heavy (non-hydrogen) atoms. The first-order valence-electron chi connectivity index (χ1n) is 10.5. The molecule has 1 amide bonds. The van der Waals surface area contributed by atoms with E-state index in [2.05, 4.69) is 33.9 Å². The summed E-state index contributed by atoms with van der Waals surface area (Å²) in [6.07, 6.45) is 0.893. The number of carbonyl (C=O) groups is 1. The highest BCUT2D eigenvalue weighted by Crippen LogP contribution is 2.46. The number of carbonyl (C=O) groups excluding carboxylic acids is 1. The Morgan fingerprint density at radius 3 is 2.59 bits per heavy atom. The third kappa shape index (κ3) is 4.68. The second kappa shape index (κ2) is 8.38. The number of likely N-dealkylation sites (tertiary alicyclic amines) is 1. The molecule has 2 fully saturated rings. The predicted molar refractivity (Wildman–Crippen MR) is 114 cm³/mol. The third-order valence-electron chi connectivity index (χ3n) is 6.74. The van der Waals surface area contributed by atoms with Gasteiger partial charge in [-0.15, -0.1) is 0 Å². The highest BCUT2D eigenvalue weighted by Gasteiger charge is 2.61. The first-order valence-corrected chi connectivity index (χ1v) is 13.4. The van der Waals surface area contributed by atoms with E-state index in [1.54, 1.807) is 4.90 Å². The Kier molecular flexibility index (Phi) is 6.43. The Bertz CT molecular complexity index is 705. The molecular weight excluding hydrogens is 386 g/mol. The molecule has 0 aliphatic carbocycles. The number of hydrogen-bond acceptors (Lipinski definition) is 5. The van der Waals surface area contributed by atoms with Gasteiger partial charge in [0.1, 0.15) is 18.8 Å². The van der Waals surface area contributed by atoms with Crippen molar-refractivity contribution in [2.75, 3.05) is 19.8 Å². The summed E-state index contributed by atoms with van der Waals surface area (Å²) in [6, 6.07) is 9.68. The molecule has 2 saturated heterocycles. The van der Waals surface area contributed by atoms with Crippen molar-refractivity contribution in [3.8, 4) is 0 Å². The molecule has 1 aromatic carbocycles. The minimum atomic E-state index is -2.00. The van der Waals surface area contributed by atoms with Gasteiger partial charge in [-0.25, -0.2) is 4.79 Å². The molecule has 0 bridgehead atoms. The van der Waals surface area contributed by atoms with E-state index in [1.165, 1.54) is 0 Å². The lowest BCUT2D eigenvalue weighted by Crippen LogP contribution is -2.57. The second-order valence-corrected chi connectivity index (χ2v) is 14.5. The van der Waals surface area contributed by atoms with E-state index < -0.39 is 13.9 Å². The number of hydrogen-bond donors (Lipinski definition) is 1. The summed E-state index contributed by atoms with van der Waals surface area (Å²) >= 11 is 0. The fourth-order valence-corrected chi connectivity index (χ4v) is 4.82. The van der Waals surface area contributed by atoms with Crippen LogP contribution in [0.15, 0.2) is 30.3 Å². The highest BCUT2D eigenvalue weighted by atomic mass is 28.4. The molecule has 2 aliphatic heterocycles. The van der Waals surface area contributed by atoms with Gasteiger partial charge in [-0.1, -0.05) is 51.1 Å². The van der Waals surface area contributed by atoms with Crippen LogP contribution in [0, 0.1) is 0 Å². The van der Waals surface area contributed by atoms with Crippen molar-refractivity contribution in [2.45, 2.75) is 76.1 Å². The van der Waals surface area contributed by atoms with E-state index in [0.29, 0.717) is 13.2 Å². The average molecular weight is 422 g/mol. The summed E-state index contributed by atoms with van der Waals surface area (Å²) in [5.41, 5.74) is 0.385. The van der Waals surface area contributed by atoms with E-state index >= 15 is 0 Å². The molecule has 3 rings (SSSR count). The van der Waals surface area contributed by atoms with Crippen molar-refractivity contribution in [3.05, 3.63) is 35.9 Å². The monoisotopic (exact) mass is 421 g/mol. The molecule has 0 radical (unpaired) electrons. The number of amides is 1. The molecular formula is C22H35NO5Si. The number of ether oxygens (including phenoxy) is 2. The van der Waals surface area contributed by atoms with Gasteiger partial charge in [0.25, 0.3) is 0 Å². The zero-order valence-corrected chi connectivity index (χ0v) is 19.3. The van der Waals surface area contributed by atoms with Crippen LogP contribution in [-0.4, -0.2) is 61.9 Å². The van der Waals surface area contributed by atoms with Gasteiger partial charge in [-0.2, -0.15) is 0 Å². The van der Waals surface area contributed by atoms with Gasteiger partial charge in [0, 0.05) is 6.54 Å². The Labute approximate surface area is 175 Å². The summed E-state index contributed by atoms with van der Waals surface area (Å²) in [5, 5.41) is 9.67. The summed E-state index contributed by atoms with van der Waals surface area (Å²) in [6.45, 7) is 12.3. The van der Waals surface area contributed by atoms with Crippen molar-refractivity contribution in [2.24, 2.45) is 0 Å². The minimum absolute atomic E-state index is 0.0423. The SMILES string of the molecule is CC(C)(C)[Si](C)(C)OC[C@]1([C@H]2O[C@@H]2CO)CCCN1C(=O)OCc1ccccc1. The summed E-state index contributed by atoms with van der Waals surface area (Å²) in [5.74, 6) is 0. The third-order valence-corrected chi connectivity index (χ3v) is 11.2. The second-order valence-electron chi connectivity index (χ2n) is 9.73. The van der Waals surface area contributed by atoms with Crippen LogP contribution in [0.25, 0.3) is 0 Å². The Hall–Kier alpha value is -1.41. The van der Waals surface area contributed by atoms with Crippen LogP contribution < -0.4 is 0 Å². The smallest absolute Gasteiger partial charge is 0.410 e. The van der Waals surface area contributed by atoms with Crippen molar-refractivity contribution < 1.29 is 23.8 Å². The van der Waals surface area contributed by atoms with Gasteiger partial charge in [0.2, 0.25) is 0 Å². The largest absolute Gasteiger partial charge is 0.445 e. The lowest BCUT2D eigenvalue weighted by Gasteiger charge is -2.42. The number of aliphatic hydroxyl groups is 1. The van der Waals surface area contributed by atoms with Gasteiger partial charge in [0.15, 0.2) is 8.32 Å². The summed E-state index contributed by atoms with van der Waals surface area (Å²) < 4.78 is 18.0. The van der Waals surface area contributed by atoms with Gasteiger partial charge in [-0.05, 0) is 36.5 Å². The van der Waals surface area contributed by atoms with Crippen LogP contribution >= 0.6 is 0 Å². The molecule has 2 aliphatic rings. The molecule has 1 N–H and O–H groups in total.